The van der Waals surface area contributed by atoms with Crippen LogP contribution < -0.4 is 15.4 Å². The fourth-order valence-corrected chi connectivity index (χ4v) is 3.60. The fraction of sp³-hybridized carbons (Fsp3) is 0.500. The van der Waals surface area contributed by atoms with E-state index in [0.29, 0.717) is 11.6 Å². The smallest absolute Gasteiger partial charge is 0.241 e. The van der Waals surface area contributed by atoms with E-state index in [0.717, 1.165) is 19.4 Å². The van der Waals surface area contributed by atoms with Crippen LogP contribution in [0.3, 0.4) is 0 Å². The molecule has 0 bridgehead atoms. The van der Waals surface area contributed by atoms with Crippen molar-refractivity contribution in [2.24, 2.45) is 0 Å². The number of hydrogen-bond donors (Lipinski definition) is 3. The summed E-state index contributed by atoms with van der Waals surface area (Å²) in [5, 5.41) is 6.50. The average Bonchev–Trinajstić information content (AvgIpc) is 2.48. The summed E-state index contributed by atoms with van der Waals surface area (Å²) >= 11 is 5.74. The zero-order chi connectivity index (χ0) is 16.2. The third-order valence-electron chi connectivity index (χ3n) is 3.49. The standard InChI is InChI=1S/C14H20ClN3O3S/c1-10(14(19)17-12-3-2-8-16-9-12)18-22(20,21)13-6-4-11(15)5-7-13/h4-7,10,12,16,18H,2-3,8-9H2,1H3,(H,17,19). The number of nitrogens with one attached hydrogen (secondary N) is 3. The monoisotopic (exact) mass is 345 g/mol. The number of carbonyl (C=O) groups excluding carboxylic acids is 1. The van der Waals surface area contributed by atoms with Gasteiger partial charge in [0, 0.05) is 17.6 Å². The number of carbonyl (C=O) groups is 1. The fourth-order valence-electron chi connectivity index (χ4n) is 2.27. The third-order valence-corrected chi connectivity index (χ3v) is 5.30. The van der Waals surface area contributed by atoms with E-state index in [2.05, 4.69) is 15.4 Å². The van der Waals surface area contributed by atoms with Crippen molar-refractivity contribution in [1.82, 2.24) is 15.4 Å². The summed E-state index contributed by atoms with van der Waals surface area (Å²) in [5.41, 5.74) is 0. The Balaban J connectivity index is 1.95. The molecule has 2 rings (SSSR count). The van der Waals surface area contributed by atoms with E-state index < -0.39 is 16.1 Å². The highest BCUT2D eigenvalue weighted by Gasteiger charge is 2.24. The average molecular weight is 346 g/mol. The molecule has 8 heteroatoms. The maximum atomic E-state index is 12.2. The second kappa shape index (κ2) is 7.41. The van der Waals surface area contributed by atoms with E-state index in [9.17, 15) is 13.2 Å². The van der Waals surface area contributed by atoms with Crippen molar-refractivity contribution in [3.05, 3.63) is 29.3 Å². The highest BCUT2D eigenvalue weighted by Crippen LogP contribution is 2.14. The highest BCUT2D eigenvalue weighted by molar-refractivity contribution is 7.89. The number of piperidine rings is 1. The van der Waals surface area contributed by atoms with Gasteiger partial charge in [-0.15, -0.1) is 0 Å². The third kappa shape index (κ3) is 4.67. The summed E-state index contributed by atoms with van der Waals surface area (Å²) in [6.45, 7) is 3.19. The Labute approximate surface area is 135 Å². The van der Waals surface area contributed by atoms with Gasteiger partial charge >= 0.3 is 0 Å². The van der Waals surface area contributed by atoms with Crippen LogP contribution in [0.25, 0.3) is 0 Å². The van der Waals surface area contributed by atoms with Crippen molar-refractivity contribution in [3.8, 4) is 0 Å². The topological polar surface area (TPSA) is 87.3 Å². The lowest BCUT2D eigenvalue weighted by Gasteiger charge is -2.25. The predicted octanol–water partition coefficient (Wildman–Crippen LogP) is 0.875. The molecule has 2 unspecified atom stereocenters. The molecule has 3 N–H and O–H groups in total. The minimum absolute atomic E-state index is 0.0451. The lowest BCUT2D eigenvalue weighted by Crippen LogP contribution is -2.52. The SMILES string of the molecule is CC(NS(=O)(=O)c1ccc(Cl)cc1)C(=O)NC1CCCNC1. The van der Waals surface area contributed by atoms with Crippen LogP contribution in [0.15, 0.2) is 29.2 Å². The Morgan fingerprint density at radius 3 is 2.64 bits per heavy atom. The van der Waals surface area contributed by atoms with Gasteiger partial charge < -0.3 is 10.6 Å². The van der Waals surface area contributed by atoms with Crippen LogP contribution in [0, 0.1) is 0 Å². The van der Waals surface area contributed by atoms with Crippen molar-refractivity contribution in [1.29, 1.82) is 0 Å². The molecular weight excluding hydrogens is 326 g/mol. The van der Waals surface area contributed by atoms with Crippen molar-refractivity contribution >= 4 is 27.5 Å². The minimum atomic E-state index is -3.75. The maximum Gasteiger partial charge on any atom is 0.241 e. The summed E-state index contributed by atoms with van der Waals surface area (Å²) in [7, 11) is -3.75. The van der Waals surface area contributed by atoms with Crippen LogP contribution in [-0.2, 0) is 14.8 Å². The van der Waals surface area contributed by atoms with Crippen LogP contribution in [0.5, 0.6) is 0 Å². The number of sulfonamides is 1. The first kappa shape index (κ1) is 17.2. The zero-order valence-corrected chi connectivity index (χ0v) is 13.9. The summed E-state index contributed by atoms with van der Waals surface area (Å²) < 4.78 is 26.8. The van der Waals surface area contributed by atoms with Gasteiger partial charge in [0.25, 0.3) is 0 Å². The molecule has 1 aromatic carbocycles. The summed E-state index contributed by atoms with van der Waals surface area (Å²) in [6, 6.07) is 5.00. The molecule has 0 aliphatic carbocycles. The Hall–Kier alpha value is -1.15. The quantitative estimate of drug-likeness (QED) is 0.739. The lowest BCUT2D eigenvalue weighted by atomic mass is 10.1. The second-order valence-electron chi connectivity index (χ2n) is 5.35. The number of amides is 1. The highest BCUT2D eigenvalue weighted by atomic mass is 35.5. The van der Waals surface area contributed by atoms with Gasteiger partial charge in [-0.2, -0.15) is 4.72 Å². The number of halogens is 1. The van der Waals surface area contributed by atoms with Crippen molar-refractivity contribution in [2.45, 2.75) is 36.7 Å². The molecule has 1 aromatic rings. The lowest BCUT2D eigenvalue weighted by molar-refractivity contribution is -0.123. The van der Waals surface area contributed by atoms with E-state index in [1.807, 2.05) is 0 Å². The molecule has 1 aliphatic rings. The normalized spacial score (nSPS) is 20.4. The molecule has 1 amide bonds. The van der Waals surface area contributed by atoms with Gasteiger partial charge in [-0.3, -0.25) is 4.79 Å². The van der Waals surface area contributed by atoms with Crippen molar-refractivity contribution in [3.63, 3.8) is 0 Å². The van der Waals surface area contributed by atoms with E-state index in [1.165, 1.54) is 31.2 Å². The molecule has 0 aromatic heterocycles. The first-order chi connectivity index (χ1) is 10.4. The Kier molecular flexibility index (Phi) is 5.80. The molecule has 6 nitrogen and oxygen atoms in total. The van der Waals surface area contributed by atoms with Crippen LogP contribution in [0.2, 0.25) is 5.02 Å². The molecule has 0 saturated carbocycles. The van der Waals surface area contributed by atoms with E-state index in [-0.39, 0.29) is 16.8 Å². The molecule has 2 atom stereocenters. The van der Waals surface area contributed by atoms with Crippen molar-refractivity contribution in [2.75, 3.05) is 13.1 Å². The maximum absolute atomic E-state index is 12.2. The molecule has 1 fully saturated rings. The largest absolute Gasteiger partial charge is 0.351 e. The molecular formula is C14H20ClN3O3S. The van der Waals surface area contributed by atoms with Gasteiger partial charge in [0.05, 0.1) is 10.9 Å². The Morgan fingerprint density at radius 2 is 2.05 bits per heavy atom. The minimum Gasteiger partial charge on any atom is -0.351 e. The molecule has 1 heterocycles. The molecule has 22 heavy (non-hydrogen) atoms. The second-order valence-corrected chi connectivity index (χ2v) is 7.50. The molecule has 1 aliphatic heterocycles. The molecule has 0 radical (unpaired) electrons. The van der Waals surface area contributed by atoms with Gasteiger partial charge in [-0.25, -0.2) is 8.42 Å². The van der Waals surface area contributed by atoms with Gasteiger partial charge in [-0.1, -0.05) is 11.6 Å². The summed E-state index contributed by atoms with van der Waals surface area (Å²) in [6.07, 6.45) is 1.89. The van der Waals surface area contributed by atoms with E-state index in [4.69, 9.17) is 11.6 Å². The van der Waals surface area contributed by atoms with Crippen molar-refractivity contribution < 1.29 is 13.2 Å². The Morgan fingerprint density at radius 1 is 1.36 bits per heavy atom. The van der Waals surface area contributed by atoms with Gasteiger partial charge in [-0.05, 0) is 50.6 Å². The first-order valence-corrected chi connectivity index (χ1v) is 9.03. The van der Waals surface area contributed by atoms with Crippen LogP contribution in [0.4, 0.5) is 0 Å². The Bertz CT molecular complexity index is 613. The number of benzene rings is 1. The van der Waals surface area contributed by atoms with Gasteiger partial charge in [0.15, 0.2) is 0 Å². The molecule has 122 valence electrons. The predicted molar refractivity (Wildman–Crippen MR) is 85.3 cm³/mol. The van der Waals surface area contributed by atoms with Crippen LogP contribution >= 0.6 is 11.6 Å². The van der Waals surface area contributed by atoms with E-state index >= 15 is 0 Å². The zero-order valence-electron chi connectivity index (χ0n) is 12.3. The van der Waals surface area contributed by atoms with Gasteiger partial charge in [0.2, 0.25) is 15.9 Å². The molecule has 0 spiro atoms. The first-order valence-electron chi connectivity index (χ1n) is 7.17. The number of rotatable bonds is 5. The molecule has 1 saturated heterocycles. The van der Waals surface area contributed by atoms with Gasteiger partial charge in [0.1, 0.15) is 0 Å². The van der Waals surface area contributed by atoms with E-state index in [1.54, 1.807) is 0 Å². The summed E-state index contributed by atoms with van der Waals surface area (Å²) in [4.78, 5) is 12.2. The van der Waals surface area contributed by atoms with Crippen LogP contribution in [0.1, 0.15) is 19.8 Å². The number of hydrogen-bond acceptors (Lipinski definition) is 4. The summed E-state index contributed by atoms with van der Waals surface area (Å²) in [5.74, 6) is -0.328. The van der Waals surface area contributed by atoms with Crippen LogP contribution in [-0.4, -0.2) is 39.5 Å².